The van der Waals surface area contributed by atoms with Crippen LogP contribution >= 0.6 is 22.7 Å². The van der Waals surface area contributed by atoms with Gasteiger partial charge >= 0.3 is 0 Å². The normalized spacial score (nSPS) is 12.1. The van der Waals surface area contributed by atoms with Gasteiger partial charge in [0.2, 0.25) is 0 Å². The minimum Gasteiger partial charge on any atom is -0.333 e. The first-order chi connectivity index (χ1) is 11.6. The van der Waals surface area contributed by atoms with Crippen LogP contribution in [-0.4, -0.2) is 22.8 Å². The molecule has 0 saturated carbocycles. The Morgan fingerprint density at radius 2 is 1.96 bits per heavy atom. The SMILES string of the molecule is CCc1ccc(-c2nc(C(=O)N(C)C(C)c3cccs3)cs2)cc1. The molecule has 2 aromatic heterocycles. The summed E-state index contributed by atoms with van der Waals surface area (Å²) in [6.07, 6.45) is 1.02. The number of carbonyl (C=O) groups excluding carboxylic acids is 1. The summed E-state index contributed by atoms with van der Waals surface area (Å²) in [5.74, 6) is -0.0384. The predicted octanol–water partition coefficient (Wildman–Crippen LogP) is 5.27. The largest absolute Gasteiger partial charge is 0.333 e. The summed E-state index contributed by atoms with van der Waals surface area (Å²) >= 11 is 3.18. The Balaban J connectivity index is 1.77. The Labute approximate surface area is 150 Å². The maximum atomic E-state index is 12.7. The summed E-state index contributed by atoms with van der Waals surface area (Å²) in [7, 11) is 1.84. The number of nitrogens with zero attached hydrogens (tertiary/aromatic N) is 2. The van der Waals surface area contributed by atoms with Gasteiger partial charge in [-0.15, -0.1) is 22.7 Å². The fourth-order valence-corrected chi connectivity index (χ4v) is 4.09. The summed E-state index contributed by atoms with van der Waals surface area (Å²) in [6, 6.07) is 12.5. The number of hydrogen-bond acceptors (Lipinski definition) is 4. The number of amides is 1. The van der Waals surface area contributed by atoms with Gasteiger partial charge in [-0.1, -0.05) is 37.3 Å². The van der Waals surface area contributed by atoms with Crippen molar-refractivity contribution in [3.63, 3.8) is 0 Å². The van der Waals surface area contributed by atoms with Crippen molar-refractivity contribution in [2.24, 2.45) is 0 Å². The first kappa shape index (κ1) is 16.9. The molecule has 24 heavy (non-hydrogen) atoms. The summed E-state index contributed by atoms with van der Waals surface area (Å²) in [5.41, 5.74) is 2.88. The van der Waals surface area contributed by atoms with Crippen LogP contribution in [0.1, 0.15) is 40.8 Å². The fraction of sp³-hybridized carbons (Fsp3) is 0.263. The van der Waals surface area contributed by atoms with Crippen LogP contribution in [0.2, 0.25) is 0 Å². The van der Waals surface area contributed by atoms with E-state index in [1.54, 1.807) is 16.2 Å². The lowest BCUT2D eigenvalue weighted by Crippen LogP contribution is -2.29. The third-order valence-electron chi connectivity index (χ3n) is 4.19. The van der Waals surface area contributed by atoms with Crippen LogP contribution in [0.15, 0.2) is 47.2 Å². The van der Waals surface area contributed by atoms with Gasteiger partial charge in [0.25, 0.3) is 5.91 Å². The molecule has 0 aliphatic rings. The molecule has 5 heteroatoms. The molecule has 3 nitrogen and oxygen atoms in total. The van der Waals surface area contributed by atoms with Crippen molar-refractivity contribution in [1.82, 2.24) is 9.88 Å². The lowest BCUT2D eigenvalue weighted by Gasteiger charge is -2.23. The molecule has 0 radical (unpaired) electrons. The number of carbonyl (C=O) groups is 1. The van der Waals surface area contributed by atoms with E-state index in [0.29, 0.717) is 5.69 Å². The molecule has 2 heterocycles. The van der Waals surface area contributed by atoms with E-state index in [1.165, 1.54) is 21.8 Å². The van der Waals surface area contributed by atoms with E-state index in [0.717, 1.165) is 17.0 Å². The highest BCUT2D eigenvalue weighted by atomic mass is 32.1. The van der Waals surface area contributed by atoms with E-state index in [4.69, 9.17) is 0 Å². The molecule has 1 aromatic carbocycles. The first-order valence-corrected chi connectivity index (χ1v) is 9.71. The summed E-state index contributed by atoms with van der Waals surface area (Å²) < 4.78 is 0. The maximum Gasteiger partial charge on any atom is 0.273 e. The minimum atomic E-state index is -0.0384. The third kappa shape index (κ3) is 3.42. The van der Waals surface area contributed by atoms with Crippen molar-refractivity contribution in [2.75, 3.05) is 7.05 Å². The summed E-state index contributed by atoms with van der Waals surface area (Å²) in [4.78, 5) is 20.2. The molecular formula is C19H20N2OS2. The van der Waals surface area contributed by atoms with Gasteiger partial charge in [-0.25, -0.2) is 4.98 Å². The molecule has 0 aliphatic heterocycles. The summed E-state index contributed by atoms with van der Waals surface area (Å²) in [5, 5.41) is 4.77. The second-order valence-electron chi connectivity index (χ2n) is 5.70. The van der Waals surface area contributed by atoms with Crippen LogP contribution in [0.5, 0.6) is 0 Å². The van der Waals surface area contributed by atoms with Crippen LogP contribution in [-0.2, 0) is 6.42 Å². The van der Waals surface area contributed by atoms with E-state index in [2.05, 4.69) is 42.2 Å². The van der Waals surface area contributed by atoms with Crippen LogP contribution in [0.25, 0.3) is 10.6 Å². The van der Waals surface area contributed by atoms with E-state index < -0.39 is 0 Å². The molecule has 0 spiro atoms. The second-order valence-corrected chi connectivity index (χ2v) is 7.53. The van der Waals surface area contributed by atoms with Crippen molar-refractivity contribution >= 4 is 28.6 Å². The number of benzene rings is 1. The number of thiazole rings is 1. The van der Waals surface area contributed by atoms with E-state index >= 15 is 0 Å². The highest BCUT2D eigenvalue weighted by Gasteiger charge is 2.22. The van der Waals surface area contributed by atoms with Gasteiger partial charge in [0.05, 0.1) is 6.04 Å². The zero-order valence-electron chi connectivity index (χ0n) is 14.0. The van der Waals surface area contributed by atoms with Gasteiger partial charge in [-0.3, -0.25) is 4.79 Å². The molecular weight excluding hydrogens is 336 g/mol. The Kier molecular flexibility index (Phi) is 5.11. The van der Waals surface area contributed by atoms with Crippen LogP contribution < -0.4 is 0 Å². The summed E-state index contributed by atoms with van der Waals surface area (Å²) in [6.45, 7) is 4.18. The topological polar surface area (TPSA) is 33.2 Å². The zero-order chi connectivity index (χ0) is 17.1. The zero-order valence-corrected chi connectivity index (χ0v) is 15.7. The van der Waals surface area contributed by atoms with Crippen LogP contribution in [0, 0.1) is 0 Å². The molecule has 1 atom stereocenters. The van der Waals surface area contributed by atoms with Crippen molar-refractivity contribution in [2.45, 2.75) is 26.3 Å². The minimum absolute atomic E-state index is 0.0384. The van der Waals surface area contributed by atoms with Gasteiger partial charge in [0.15, 0.2) is 0 Å². The molecule has 124 valence electrons. The Morgan fingerprint density at radius 3 is 2.58 bits per heavy atom. The van der Waals surface area contributed by atoms with Crippen molar-refractivity contribution in [3.8, 4) is 10.6 Å². The molecule has 3 aromatic rings. The first-order valence-electron chi connectivity index (χ1n) is 7.95. The van der Waals surface area contributed by atoms with E-state index in [1.807, 2.05) is 30.8 Å². The number of aromatic nitrogens is 1. The molecule has 0 aliphatic carbocycles. The number of thiophene rings is 1. The molecule has 0 bridgehead atoms. The van der Waals surface area contributed by atoms with Gasteiger partial charge in [0.1, 0.15) is 10.7 Å². The van der Waals surface area contributed by atoms with E-state index in [-0.39, 0.29) is 11.9 Å². The average molecular weight is 357 g/mol. The molecule has 1 unspecified atom stereocenters. The number of hydrogen-bond donors (Lipinski definition) is 0. The average Bonchev–Trinajstić information content (AvgIpc) is 3.31. The fourth-order valence-electron chi connectivity index (χ4n) is 2.46. The molecule has 0 N–H and O–H groups in total. The smallest absolute Gasteiger partial charge is 0.273 e. The van der Waals surface area contributed by atoms with Gasteiger partial charge in [-0.05, 0) is 30.4 Å². The standard InChI is InChI=1S/C19H20N2OS2/c1-4-14-7-9-15(10-8-14)18-20-16(12-24-18)19(22)21(3)13(2)17-6-5-11-23-17/h5-13H,4H2,1-3H3. The van der Waals surface area contributed by atoms with Crippen molar-refractivity contribution in [1.29, 1.82) is 0 Å². The number of rotatable bonds is 5. The predicted molar refractivity (Wildman–Crippen MR) is 102 cm³/mol. The Morgan fingerprint density at radius 1 is 1.21 bits per heavy atom. The third-order valence-corrected chi connectivity index (χ3v) is 6.12. The van der Waals surface area contributed by atoms with Crippen molar-refractivity contribution < 1.29 is 4.79 Å². The lowest BCUT2D eigenvalue weighted by atomic mass is 10.1. The molecule has 1 amide bonds. The van der Waals surface area contributed by atoms with Crippen LogP contribution in [0.4, 0.5) is 0 Å². The highest BCUT2D eigenvalue weighted by molar-refractivity contribution is 7.13. The Hall–Kier alpha value is -1.98. The Bertz CT molecular complexity index is 806. The number of aryl methyl sites for hydroxylation is 1. The van der Waals surface area contributed by atoms with E-state index in [9.17, 15) is 4.79 Å². The molecule has 0 saturated heterocycles. The monoisotopic (exact) mass is 356 g/mol. The maximum absolute atomic E-state index is 12.7. The second kappa shape index (κ2) is 7.28. The van der Waals surface area contributed by atoms with Gasteiger partial charge in [0, 0.05) is 22.9 Å². The van der Waals surface area contributed by atoms with Crippen molar-refractivity contribution in [3.05, 3.63) is 63.3 Å². The van der Waals surface area contributed by atoms with Crippen LogP contribution in [0.3, 0.4) is 0 Å². The van der Waals surface area contributed by atoms with Gasteiger partial charge < -0.3 is 4.90 Å². The lowest BCUT2D eigenvalue weighted by molar-refractivity contribution is 0.0740. The highest BCUT2D eigenvalue weighted by Crippen LogP contribution is 2.27. The molecule has 0 fully saturated rings. The quantitative estimate of drug-likeness (QED) is 0.624. The molecule has 3 rings (SSSR count). The van der Waals surface area contributed by atoms with Gasteiger partial charge in [-0.2, -0.15) is 0 Å².